The average Bonchev–Trinajstić information content (AvgIpc) is 2.51. The van der Waals surface area contributed by atoms with Gasteiger partial charge in [-0.1, -0.05) is 5.92 Å². The van der Waals surface area contributed by atoms with Gasteiger partial charge in [0.15, 0.2) is 0 Å². The van der Waals surface area contributed by atoms with Crippen molar-refractivity contribution in [1.82, 2.24) is 4.57 Å². The van der Waals surface area contributed by atoms with Crippen molar-refractivity contribution in [2.24, 2.45) is 0 Å². The summed E-state index contributed by atoms with van der Waals surface area (Å²) in [6.07, 6.45) is 9.93. The fraction of sp³-hybridized carbons (Fsp3) is 0.455. The summed E-state index contributed by atoms with van der Waals surface area (Å²) in [5, 5.41) is 9.68. The van der Waals surface area contributed by atoms with Gasteiger partial charge in [0, 0.05) is 17.5 Å². The second kappa shape index (κ2) is 3.27. The Kier molecular flexibility index (Phi) is 2.12. The van der Waals surface area contributed by atoms with E-state index in [0.717, 1.165) is 24.8 Å². The van der Waals surface area contributed by atoms with E-state index in [2.05, 4.69) is 10.5 Å². The molecule has 0 radical (unpaired) electrons. The number of hydrogen-bond donors (Lipinski definition) is 1. The fourth-order valence-electron chi connectivity index (χ4n) is 1.98. The van der Waals surface area contributed by atoms with E-state index in [-0.39, 0.29) is 6.10 Å². The fourth-order valence-corrected chi connectivity index (χ4v) is 1.98. The lowest BCUT2D eigenvalue weighted by atomic mass is 9.95. The number of aliphatic hydroxyl groups excluding tert-OH is 1. The van der Waals surface area contributed by atoms with Gasteiger partial charge in [-0.15, -0.1) is 6.42 Å². The van der Waals surface area contributed by atoms with Crippen molar-refractivity contribution in [3.05, 3.63) is 23.5 Å². The molecule has 1 aliphatic rings. The monoisotopic (exact) mass is 175 g/mol. The smallest absolute Gasteiger partial charge is 0.0831 e. The summed E-state index contributed by atoms with van der Waals surface area (Å²) in [5.74, 6) is 2.62. The van der Waals surface area contributed by atoms with Crippen LogP contribution in [0, 0.1) is 12.3 Å². The van der Waals surface area contributed by atoms with Gasteiger partial charge in [-0.25, -0.2) is 0 Å². The van der Waals surface area contributed by atoms with Crippen LogP contribution in [0.5, 0.6) is 0 Å². The van der Waals surface area contributed by atoms with Crippen LogP contribution in [0.15, 0.2) is 12.3 Å². The van der Waals surface area contributed by atoms with Crippen LogP contribution in [-0.4, -0.2) is 9.67 Å². The first-order valence-corrected chi connectivity index (χ1v) is 4.62. The Morgan fingerprint density at radius 2 is 2.54 bits per heavy atom. The summed E-state index contributed by atoms with van der Waals surface area (Å²) < 4.78 is 2.05. The first kappa shape index (κ1) is 8.40. The number of hydrogen-bond acceptors (Lipinski definition) is 1. The van der Waals surface area contributed by atoms with Crippen molar-refractivity contribution in [2.45, 2.75) is 31.9 Å². The molecule has 0 aliphatic heterocycles. The highest BCUT2D eigenvalue weighted by atomic mass is 16.3. The second-order valence-electron chi connectivity index (χ2n) is 3.46. The number of aromatic nitrogens is 1. The highest BCUT2D eigenvalue weighted by Crippen LogP contribution is 2.30. The third-order valence-electron chi connectivity index (χ3n) is 2.63. The van der Waals surface area contributed by atoms with Gasteiger partial charge in [0.1, 0.15) is 0 Å². The highest BCUT2D eigenvalue weighted by Gasteiger charge is 2.20. The van der Waals surface area contributed by atoms with Gasteiger partial charge in [-0.05, 0) is 25.3 Å². The molecule has 1 N–H and O–H groups in total. The first-order chi connectivity index (χ1) is 6.33. The van der Waals surface area contributed by atoms with Gasteiger partial charge in [-0.3, -0.25) is 0 Å². The maximum atomic E-state index is 9.68. The predicted octanol–water partition coefficient (Wildman–Crippen LogP) is 1.49. The van der Waals surface area contributed by atoms with Crippen molar-refractivity contribution in [2.75, 3.05) is 0 Å². The normalized spacial score (nSPS) is 20.8. The van der Waals surface area contributed by atoms with Gasteiger partial charge in [0.25, 0.3) is 0 Å². The average molecular weight is 175 g/mol. The van der Waals surface area contributed by atoms with Crippen molar-refractivity contribution < 1.29 is 5.11 Å². The lowest BCUT2D eigenvalue weighted by molar-refractivity contribution is 0.156. The third-order valence-corrected chi connectivity index (χ3v) is 2.63. The van der Waals surface area contributed by atoms with E-state index in [9.17, 15) is 5.11 Å². The Bertz CT molecular complexity index is 345. The molecule has 1 unspecified atom stereocenters. The standard InChI is InChI=1S/C11H13NO/c1-2-7-12-8-6-9-10(12)4-3-5-11(9)13/h1,6,8,11,13H,3-5,7H2. The number of rotatable bonds is 1. The number of nitrogens with zero attached hydrogens (tertiary/aromatic N) is 1. The maximum Gasteiger partial charge on any atom is 0.0831 e. The topological polar surface area (TPSA) is 25.2 Å². The molecule has 0 saturated carbocycles. The molecule has 68 valence electrons. The Morgan fingerprint density at radius 3 is 3.31 bits per heavy atom. The molecular formula is C11H13NO. The van der Waals surface area contributed by atoms with Crippen LogP contribution < -0.4 is 0 Å². The van der Waals surface area contributed by atoms with Crippen molar-refractivity contribution >= 4 is 0 Å². The molecule has 1 heterocycles. The third kappa shape index (κ3) is 1.36. The van der Waals surface area contributed by atoms with Crippen molar-refractivity contribution in [3.63, 3.8) is 0 Å². The SMILES string of the molecule is C#CCn1ccc2c1CCCC2O. The van der Waals surface area contributed by atoms with Crippen LogP contribution in [0.4, 0.5) is 0 Å². The molecule has 1 aromatic heterocycles. The van der Waals surface area contributed by atoms with Crippen LogP contribution >= 0.6 is 0 Å². The van der Waals surface area contributed by atoms with E-state index in [0.29, 0.717) is 6.54 Å². The van der Waals surface area contributed by atoms with Gasteiger partial charge in [0.05, 0.1) is 12.6 Å². The van der Waals surface area contributed by atoms with Crippen molar-refractivity contribution in [3.8, 4) is 12.3 Å². The second-order valence-corrected chi connectivity index (χ2v) is 3.46. The molecule has 0 saturated heterocycles. The summed E-state index contributed by atoms with van der Waals surface area (Å²) in [4.78, 5) is 0. The highest BCUT2D eigenvalue weighted by molar-refractivity contribution is 5.27. The summed E-state index contributed by atoms with van der Waals surface area (Å²) in [6.45, 7) is 0.613. The summed E-state index contributed by atoms with van der Waals surface area (Å²) in [5.41, 5.74) is 2.29. The van der Waals surface area contributed by atoms with Crippen LogP contribution in [-0.2, 0) is 13.0 Å². The van der Waals surface area contributed by atoms with Gasteiger partial charge < -0.3 is 9.67 Å². The largest absolute Gasteiger partial charge is 0.388 e. The van der Waals surface area contributed by atoms with Crippen molar-refractivity contribution in [1.29, 1.82) is 0 Å². The van der Waals surface area contributed by atoms with Crippen LogP contribution in [0.1, 0.15) is 30.2 Å². The molecule has 13 heavy (non-hydrogen) atoms. The van der Waals surface area contributed by atoms with E-state index in [1.54, 1.807) is 0 Å². The first-order valence-electron chi connectivity index (χ1n) is 4.62. The van der Waals surface area contributed by atoms with Crippen LogP contribution in [0.25, 0.3) is 0 Å². The van der Waals surface area contributed by atoms with E-state index in [1.807, 2.05) is 12.3 Å². The number of terminal acetylenes is 1. The lowest BCUT2D eigenvalue weighted by Gasteiger charge is -2.19. The minimum atomic E-state index is -0.275. The quantitative estimate of drug-likeness (QED) is 0.643. The Balaban J connectivity index is 2.37. The minimum Gasteiger partial charge on any atom is -0.388 e. The Hall–Kier alpha value is -1.20. The zero-order chi connectivity index (χ0) is 9.26. The summed E-state index contributed by atoms with van der Waals surface area (Å²) in [7, 11) is 0. The molecule has 0 amide bonds. The van der Waals surface area contributed by atoms with E-state index in [1.165, 1.54) is 5.69 Å². The molecule has 2 nitrogen and oxygen atoms in total. The van der Waals surface area contributed by atoms with Gasteiger partial charge >= 0.3 is 0 Å². The minimum absolute atomic E-state index is 0.275. The lowest BCUT2D eigenvalue weighted by Crippen LogP contribution is -2.11. The van der Waals surface area contributed by atoms with Gasteiger partial charge in [-0.2, -0.15) is 0 Å². The maximum absolute atomic E-state index is 9.68. The van der Waals surface area contributed by atoms with E-state index < -0.39 is 0 Å². The Labute approximate surface area is 78.2 Å². The molecule has 1 aliphatic carbocycles. The molecule has 1 aromatic rings. The Morgan fingerprint density at radius 1 is 1.69 bits per heavy atom. The van der Waals surface area contributed by atoms with Crippen LogP contribution in [0.2, 0.25) is 0 Å². The molecule has 2 rings (SSSR count). The van der Waals surface area contributed by atoms with E-state index >= 15 is 0 Å². The molecular weight excluding hydrogens is 162 g/mol. The van der Waals surface area contributed by atoms with Gasteiger partial charge in [0.2, 0.25) is 0 Å². The molecule has 0 bridgehead atoms. The molecule has 0 spiro atoms. The molecule has 2 heteroatoms. The molecule has 0 fully saturated rings. The zero-order valence-electron chi connectivity index (χ0n) is 7.53. The van der Waals surface area contributed by atoms with E-state index in [4.69, 9.17) is 6.42 Å². The molecule has 1 atom stereocenters. The zero-order valence-corrected chi connectivity index (χ0v) is 7.53. The van der Waals surface area contributed by atoms with Crippen LogP contribution in [0.3, 0.4) is 0 Å². The number of fused-ring (bicyclic) bond motifs is 1. The summed E-state index contributed by atoms with van der Waals surface area (Å²) >= 11 is 0. The number of aliphatic hydroxyl groups is 1. The predicted molar refractivity (Wildman–Crippen MR) is 51.2 cm³/mol. The molecule has 0 aromatic carbocycles. The summed E-state index contributed by atoms with van der Waals surface area (Å²) in [6, 6.07) is 1.98.